The molecule has 4 heterocycles. The van der Waals surface area contributed by atoms with E-state index in [1.54, 1.807) is 6.26 Å². The molecular weight excluding hydrogens is 536 g/mol. The first-order chi connectivity index (χ1) is 17.3. The monoisotopic (exact) mass is 570 g/mol. The molecule has 3 N–H and O–H groups in total. The Morgan fingerprint density at radius 1 is 1.16 bits per heavy atom. The van der Waals surface area contributed by atoms with Crippen LogP contribution in [0.1, 0.15) is 57.9 Å². The molecule has 14 heteroatoms. The van der Waals surface area contributed by atoms with Gasteiger partial charge in [0.05, 0.1) is 18.0 Å². The molecule has 37 heavy (non-hydrogen) atoms. The summed E-state index contributed by atoms with van der Waals surface area (Å²) < 4.78 is 53.8. The highest BCUT2D eigenvalue weighted by molar-refractivity contribution is 7.91. The van der Waals surface area contributed by atoms with Gasteiger partial charge in [-0.2, -0.15) is 4.31 Å². The van der Waals surface area contributed by atoms with Gasteiger partial charge in [0, 0.05) is 31.6 Å². The summed E-state index contributed by atoms with van der Waals surface area (Å²) >= 11 is -0.950. The quantitative estimate of drug-likeness (QED) is 0.481. The molecule has 1 fully saturated rings. The van der Waals surface area contributed by atoms with Gasteiger partial charge in [-0.1, -0.05) is 34.6 Å². The Morgan fingerprint density at radius 2 is 1.81 bits per heavy atom. The van der Waals surface area contributed by atoms with Gasteiger partial charge in [-0.25, -0.2) is 12.6 Å². The average molecular weight is 571 g/mol. The molecule has 0 bridgehead atoms. The highest BCUT2D eigenvalue weighted by Crippen LogP contribution is 2.40. The number of anilines is 1. The van der Waals surface area contributed by atoms with Gasteiger partial charge in [0.2, 0.25) is 0 Å². The van der Waals surface area contributed by atoms with Crippen molar-refractivity contribution in [2.75, 3.05) is 38.5 Å². The third-order valence-electron chi connectivity index (χ3n) is 6.32. The number of likely N-dealkylation sites (N-methyl/N-ethyl adjacent to an activating group) is 1. The first kappa shape index (κ1) is 27.8. The van der Waals surface area contributed by atoms with Crippen molar-refractivity contribution in [2.45, 2.75) is 50.8 Å². The summed E-state index contributed by atoms with van der Waals surface area (Å²) in [7, 11) is -1.92. The van der Waals surface area contributed by atoms with Crippen molar-refractivity contribution >= 4 is 49.9 Å². The van der Waals surface area contributed by atoms with Crippen molar-refractivity contribution in [3.05, 3.63) is 29.0 Å². The van der Waals surface area contributed by atoms with Gasteiger partial charge in [-0.15, -0.1) is 20.1 Å². The fraction of sp³-hybridized carbons (Fsp3) is 0.565. The van der Waals surface area contributed by atoms with Crippen LogP contribution in [-0.4, -0.2) is 71.8 Å². The fourth-order valence-electron chi connectivity index (χ4n) is 3.99. The van der Waals surface area contributed by atoms with Gasteiger partial charge in [-0.05, 0) is 30.0 Å². The molecule has 0 aromatic carbocycles. The Labute approximate surface area is 224 Å². The lowest BCUT2D eigenvalue weighted by Crippen LogP contribution is -2.46. The lowest BCUT2D eigenvalue weighted by Gasteiger charge is -2.31. The van der Waals surface area contributed by atoms with Crippen LogP contribution in [-0.2, 0) is 21.2 Å². The summed E-state index contributed by atoms with van der Waals surface area (Å²) in [5.41, 5.74) is 0.905. The third kappa shape index (κ3) is 5.93. The number of aromatic hydroxyl groups is 1. The number of nitrogens with one attached hydrogen (secondary N) is 2. The van der Waals surface area contributed by atoms with Crippen molar-refractivity contribution in [1.29, 1.82) is 0 Å². The standard InChI is InChI=1S/C23H34N6O5S3/c1-14(2)15-11-17(34-12-15)19(23(3,4)5)25-21-20(26-36(31)27-21)24-16-13-35-22(18(16)30)37(32,33)29-9-7-28(6)8-10-29/h11-14,19,30H,7-10H2,1-6H3,(H,24,26)(H,25,27)/t19-,36?/m0/s1. The molecule has 1 unspecified atom stereocenters. The number of hydrogen-bond donors (Lipinski definition) is 3. The molecule has 0 spiro atoms. The lowest BCUT2D eigenvalue weighted by molar-refractivity contribution is 0.222. The van der Waals surface area contributed by atoms with Crippen LogP contribution in [0.3, 0.4) is 0 Å². The summed E-state index contributed by atoms with van der Waals surface area (Å²) in [4.78, 5) is 2.05. The van der Waals surface area contributed by atoms with Gasteiger partial charge in [-0.3, -0.25) is 0 Å². The number of rotatable bonds is 6. The molecule has 204 valence electrons. The van der Waals surface area contributed by atoms with Crippen molar-refractivity contribution < 1.29 is 22.2 Å². The maximum absolute atomic E-state index is 13.1. The number of thiophene rings is 1. The Kier molecular flexibility index (Phi) is 7.87. The van der Waals surface area contributed by atoms with Gasteiger partial charge in [0.1, 0.15) is 5.76 Å². The van der Waals surface area contributed by atoms with Crippen LogP contribution in [0.25, 0.3) is 0 Å². The Bertz CT molecular complexity index is 1330. The van der Waals surface area contributed by atoms with Gasteiger partial charge in [0.25, 0.3) is 21.2 Å². The van der Waals surface area contributed by atoms with E-state index in [0.29, 0.717) is 37.9 Å². The number of hydrogen-bond acceptors (Lipinski definition) is 9. The van der Waals surface area contributed by atoms with Crippen LogP contribution in [0.2, 0.25) is 0 Å². The first-order valence-corrected chi connectivity index (χ1v) is 15.4. The van der Waals surface area contributed by atoms with Crippen LogP contribution in [0.15, 0.2) is 35.1 Å². The molecular formula is C23H34N6O5S3. The molecule has 11 nitrogen and oxygen atoms in total. The van der Waals surface area contributed by atoms with Crippen molar-refractivity contribution in [2.24, 2.45) is 14.2 Å². The van der Waals surface area contributed by atoms with Crippen molar-refractivity contribution in [3.63, 3.8) is 0 Å². The predicted molar refractivity (Wildman–Crippen MR) is 147 cm³/mol. The number of amidine groups is 2. The van der Waals surface area contributed by atoms with E-state index in [9.17, 15) is 17.7 Å². The minimum atomic E-state index is -3.86. The largest absolute Gasteiger partial charge is 0.504 e. The molecule has 2 aromatic rings. The molecule has 0 saturated carbocycles. The van der Waals surface area contributed by atoms with E-state index in [2.05, 4.69) is 38.2 Å². The predicted octanol–water partition coefficient (Wildman–Crippen LogP) is 3.28. The second kappa shape index (κ2) is 10.5. The number of nitrogens with zero attached hydrogens (tertiary/aromatic N) is 4. The summed E-state index contributed by atoms with van der Waals surface area (Å²) in [6, 6.07) is 1.66. The molecule has 1 saturated heterocycles. The Hall–Kier alpha value is -2.26. The van der Waals surface area contributed by atoms with Crippen LogP contribution >= 0.6 is 11.3 Å². The van der Waals surface area contributed by atoms with Crippen LogP contribution in [0.5, 0.6) is 5.75 Å². The van der Waals surface area contributed by atoms with E-state index in [1.807, 2.05) is 33.9 Å². The smallest absolute Gasteiger partial charge is 0.269 e. The number of sulfonamides is 1. The van der Waals surface area contributed by atoms with Crippen molar-refractivity contribution in [3.8, 4) is 5.75 Å². The summed E-state index contributed by atoms with van der Waals surface area (Å²) in [5, 5.41) is 18.6. The molecule has 0 radical (unpaired) electrons. The second-order valence-corrected chi connectivity index (χ2v) is 14.4. The summed E-state index contributed by atoms with van der Waals surface area (Å²) in [6.45, 7) is 12.2. The number of piperazine rings is 1. The van der Waals surface area contributed by atoms with Crippen LogP contribution in [0, 0.1) is 5.41 Å². The van der Waals surface area contributed by atoms with E-state index < -0.39 is 26.9 Å². The van der Waals surface area contributed by atoms with E-state index >= 15 is 0 Å². The molecule has 2 aliphatic heterocycles. The highest BCUT2D eigenvalue weighted by Gasteiger charge is 2.35. The lowest BCUT2D eigenvalue weighted by atomic mass is 9.84. The third-order valence-corrected chi connectivity index (χ3v) is 10.4. The summed E-state index contributed by atoms with van der Waals surface area (Å²) in [6.07, 6.45) is 1.73. The van der Waals surface area contributed by atoms with E-state index in [0.717, 1.165) is 16.9 Å². The van der Waals surface area contributed by atoms with Gasteiger partial charge < -0.3 is 25.1 Å². The molecule has 2 atom stereocenters. The molecule has 0 aliphatic carbocycles. The average Bonchev–Trinajstić information content (AvgIpc) is 3.51. The maximum atomic E-state index is 13.1. The van der Waals surface area contributed by atoms with Crippen LogP contribution in [0.4, 0.5) is 5.69 Å². The molecule has 4 rings (SSSR count). The topological polar surface area (TPSA) is 140 Å². The molecule has 2 aliphatic rings. The Morgan fingerprint density at radius 3 is 2.41 bits per heavy atom. The van der Waals surface area contributed by atoms with Crippen LogP contribution < -0.4 is 10.6 Å². The van der Waals surface area contributed by atoms with Crippen molar-refractivity contribution in [1.82, 2.24) is 14.5 Å². The minimum absolute atomic E-state index is 0.139. The highest BCUT2D eigenvalue weighted by atomic mass is 32.2. The first-order valence-electron chi connectivity index (χ1n) is 12.0. The normalized spacial score (nSPS) is 20.7. The van der Waals surface area contributed by atoms with E-state index in [4.69, 9.17) is 4.42 Å². The Balaban J connectivity index is 1.55. The second-order valence-electron chi connectivity index (χ2n) is 10.6. The molecule has 2 aromatic heterocycles. The van der Waals surface area contributed by atoms with Gasteiger partial charge >= 0.3 is 0 Å². The zero-order chi connectivity index (χ0) is 27.1. The number of furan rings is 1. The van der Waals surface area contributed by atoms with E-state index in [-0.39, 0.29) is 33.0 Å². The minimum Gasteiger partial charge on any atom is -0.504 e. The summed E-state index contributed by atoms with van der Waals surface area (Å²) in [5.74, 6) is 0.972. The zero-order valence-electron chi connectivity index (χ0n) is 21.8. The fourth-order valence-corrected chi connectivity index (χ4v) is 7.41. The van der Waals surface area contributed by atoms with Gasteiger partial charge in [0.15, 0.2) is 21.6 Å². The zero-order valence-corrected chi connectivity index (χ0v) is 24.3. The SMILES string of the molecule is CC(C)c1coc([C@H](NC2=NS(=O)N=C2Nc2csc(S(=O)(=O)N3CCN(C)CC3)c2O)C(C)(C)C)c1. The molecule has 0 amide bonds. The maximum Gasteiger partial charge on any atom is 0.269 e. The van der Waals surface area contributed by atoms with E-state index in [1.165, 1.54) is 9.69 Å².